The van der Waals surface area contributed by atoms with E-state index in [-0.39, 0.29) is 17.5 Å². The monoisotopic (exact) mass is 530 g/mol. The molecule has 0 aromatic heterocycles. The normalized spacial score (nSPS) is 20.9. The lowest BCUT2D eigenvalue weighted by Gasteiger charge is -2.56. The van der Waals surface area contributed by atoms with Crippen LogP contribution in [-0.4, -0.2) is 6.71 Å². The van der Waals surface area contributed by atoms with Crippen molar-refractivity contribution in [1.82, 2.24) is 0 Å². The van der Waals surface area contributed by atoms with Crippen molar-refractivity contribution < 1.29 is 0 Å². The van der Waals surface area contributed by atoms with Crippen LogP contribution in [0, 0.1) is 19.8 Å². The molecule has 200 valence electrons. The molecular formula is C38H35BN2. The maximum absolute atomic E-state index is 2.67. The minimum atomic E-state index is -0.114. The van der Waals surface area contributed by atoms with E-state index >= 15 is 0 Å². The number of allylic oxidation sites excluding steroid dienone is 4. The molecule has 4 aromatic rings. The number of anilines is 5. The molecule has 0 spiro atoms. The van der Waals surface area contributed by atoms with Gasteiger partial charge in [0.15, 0.2) is 0 Å². The average Bonchev–Trinajstić information content (AvgIpc) is 2.96. The van der Waals surface area contributed by atoms with E-state index in [4.69, 9.17) is 0 Å². The number of aryl methyl sites for hydroxylation is 2. The van der Waals surface area contributed by atoms with Gasteiger partial charge in [-0.15, -0.1) is 0 Å². The topological polar surface area (TPSA) is 6.48 Å². The Hall–Kier alpha value is -3.98. The molecule has 0 saturated heterocycles. The van der Waals surface area contributed by atoms with Crippen molar-refractivity contribution in [3.05, 3.63) is 118 Å². The Balaban J connectivity index is 1.52. The Bertz CT molecular complexity index is 1920. The Morgan fingerprint density at radius 2 is 1.37 bits per heavy atom. The molecule has 0 radical (unpaired) electrons. The predicted molar refractivity (Wildman–Crippen MR) is 174 cm³/mol. The molecule has 0 fully saturated rings. The van der Waals surface area contributed by atoms with Crippen LogP contribution in [0.4, 0.5) is 28.4 Å². The summed E-state index contributed by atoms with van der Waals surface area (Å²) >= 11 is 0. The zero-order valence-corrected chi connectivity index (χ0v) is 24.8. The molecule has 5 aliphatic rings. The molecular weight excluding hydrogens is 495 g/mol. The SMILES string of the molecule is Cc1ccc2c(c1)B1c3cc(C)ccc3N3c4ccccc4C(C)(C)c4cc5c(c1c43)N2C1=CC=CCC1C5(C)C. The van der Waals surface area contributed by atoms with Crippen molar-refractivity contribution in [1.29, 1.82) is 0 Å². The molecule has 0 amide bonds. The molecule has 0 N–H and O–H groups in total. The summed E-state index contributed by atoms with van der Waals surface area (Å²) in [6.07, 6.45) is 8.12. The largest absolute Gasteiger partial charge is 0.315 e. The van der Waals surface area contributed by atoms with Crippen LogP contribution < -0.4 is 26.2 Å². The molecule has 1 aliphatic carbocycles. The number of para-hydroxylation sites is 1. The van der Waals surface area contributed by atoms with E-state index in [1.165, 1.54) is 78.3 Å². The second-order valence-corrected chi connectivity index (χ2v) is 14.0. The third-order valence-electron chi connectivity index (χ3n) is 11.0. The summed E-state index contributed by atoms with van der Waals surface area (Å²) in [5, 5.41) is 0. The van der Waals surface area contributed by atoms with Crippen LogP contribution >= 0.6 is 0 Å². The highest BCUT2D eigenvalue weighted by molar-refractivity contribution is 7.00. The van der Waals surface area contributed by atoms with E-state index in [9.17, 15) is 0 Å². The number of rotatable bonds is 0. The van der Waals surface area contributed by atoms with Crippen molar-refractivity contribution in [3.63, 3.8) is 0 Å². The number of fused-ring (bicyclic) bond motifs is 10. The first kappa shape index (κ1) is 23.7. The van der Waals surface area contributed by atoms with Gasteiger partial charge in [-0.05, 0) is 77.6 Å². The lowest BCUT2D eigenvalue weighted by atomic mass is 9.32. The number of hydrogen-bond donors (Lipinski definition) is 0. The highest BCUT2D eigenvalue weighted by atomic mass is 15.2. The van der Waals surface area contributed by atoms with E-state index in [0.717, 1.165) is 6.42 Å². The molecule has 4 aliphatic heterocycles. The summed E-state index contributed by atoms with van der Waals surface area (Å²) in [4.78, 5) is 5.28. The minimum absolute atomic E-state index is 0.00542. The van der Waals surface area contributed by atoms with Crippen LogP contribution in [0.5, 0.6) is 0 Å². The van der Waals surface area contributed by atoms with E-state index in [0.29, 0.717) is 5.92 Å². The van der Waals surface area contributed by atoms with E-state index < -0.39 is 0 Å². The van der Waals surface area contributed by atoms with Crippen LogP contribution in [0.3, 0.4) is 0 Å². The number of hydrogen-bond acceptors (Lipinski definition) is 2. The average molecular weight is 531 g/mol. The van der Waals surface area contributed by atoms with Crippen molar-refractivity contribution in [2.24, 2.45) is 5.92 Å². The summed E-state index contributed by atoms with van der Waals surface area (Å²) < 4.78 is 0. The van der Waals surface area contributed by atoms with Crippen LogP contribution in [0.25, 0.3) is 0 Å². The first-order valence-corrected chi connectivity index (χ1v) is 15.2. The minimum Gasteiger partial charge on any atom is -0.315 e. The van der Waals surface area contributed by atoms with E-state index in [1.807, 2.05) is 0 Å². The Labute approximate surface area is 244 Å². The summed E-state index contributed by atoms with van der Waals surface area (Å²) in [5.74, 6) is 0.434. The van der Waals surface area contributed by atoms with Crippen molar-refractivity contribution >= 4 is 51.5 Å². The first-order chi connectivity index (χ1) is 19.7. The Morgan fingerprint density at radius 1 is 0.707 bits per heavy atom. The van der Waals surface area contributed by atoms with Crippen molar-refractivity contribution in [2.45, 2.75) is 58.8 Å². The van der Waals surface area contributed by atoms with Gasteiger partial charge < -0.3 is 9.80 Å². The van der Waals surface area contributed by atoms with Gasteiger partial charge in [-0.1, -0.05) is 99.5 Å². The second-order valence-electron chi connectivity index (χ2n) is 14.0. The smallest absolute Gasteiger partial charge is 0.252 e. The predicted octanol–water partition coefficient (Wildman–Crippen LogP) is 7.44. The Kier molecular flexibility index (Phi) is 4.31. The fourth-order valence-electron chi connectivity index (χ4n) is 8.90. The molecule has 41 heavy (non-hydrogen) atoms. The van der Waals surface area contributed by atoms with Gasteiger partial charge in [0.2, 0.25) is 0 Å². The van der Waals surface area contributed by atoms with Gasteiger partial charge in [0, 0.05) is 45.2 Å². The summed E-state index contributed by atoms with van der Waals surface area (Å²) in [7, 11) is 0. The highest BCUT2D eigenvalue weighted by Gasteiger charge is 2.54. The first-order valence-electron chi connectivity index (χ1n) is 15.2. The molecule has 4 aromatic carbocycles. The van der Waals surface area contributed by atoms with Gasteiger partial charge in [0.1, 0.15) is 0 Å². The quantitative estimate of drug-likeness (QED) is 0.192. The van der Waals surface area contributed by atoms with Gasteiger partial charge in [-0.25, -0.2) is 0 Å². The van der Waals surface area contributed by atoms with Gasteiger partial charge in [-0.3, -0.25) is 0 Å². The lowest BCUT2D eigenvalue weighted by molar-refractivity contribution is 0.349. The van der Waals surface area contributed by atoms with Gasteiger partial charge in [0.05, 0.1) is 5.69 Å². The fourth-order valence-corrected chi connectivity index (χ4v) is 8.90. The summed E-state index contributed by atoms with van der Waals surface area (Å²) in [5.41, 5.74) is 19.6. The van der Waals surface area contributed by atoms with Crippen LogP contribution in [-0.2, 0) is 10.8 Å². The molecule has 4 heterocycles. The summed E-state index contributed by atoms with van der Waals surface area (Å²) in [6.45, 7) is 14.6. The highest BCUT2D eigenvalue weighted by Crippen LogP contribution is 2.59. The third-order valence-corrected chi connectivity index (χ3v) is 11.0. The lowest BCUT2D eigenvalue weighted by Crippen LogP contribution is -2.64. The molecule has 1 atom stereocenters. The molecule has 0 bridgehead atoms. The summed E-state index contributed by atoms with van der Waals surface area (Å²) in [6, 6.07) is 26.0. The molecule has 9 rings (SSSR count). The Morgan fingerprint density at radius 3 is 2.10 bits per heavy atom. The van der Waals surface area contributed by atoms with Gasteiger partial charge in [-0.2, -0.15) is 0 Å². The van der Waals surface area contributed by atoms with Crippen LogP contribution in [0.1, 0.15) is 61.9 Å². The van der Waals surface area contributed by atoms with Crippen molar-refractivity contribution in [2.75, 3.05) is 9.80 Å². The molecule has 1 unspecified atom stereocenters. The number of benzene rings is 4. The number of nitrogens with zero attached hydrogens (tertiary/aromatic N) is 2. The van der Waals surface area contributed by atoms with Crippen LogP contribution in [0.2, 0.25) is 0 Å². The van der Waals surface area contributed by atoms with E-state index in [1.54, 1.807) is 0 Å². The second kappa shape index (κ2) is 7.45. The van der Waals surface area contributed by atoms with Crippen molar-refractivity contribution in [3.8, 4) is 0 Å². The van der Waals surface area contributed by atoms with Gasteiger partial charge in [0.25, 0.3) is 6.71 Å². The fraction of sp³-hybridized carbons (Fsp3) is 0.263. The zero-order chi connectivity index (χ0) is 28.0. The molecule has 3 heteroatoms. The zero-order valence-electron chi connectivity index (χ0n) is 24.8. The van der Waals surface area contributed by atoms with Crippen LogP contribution in [0.15, 0.2) is 90.7 Å². The van der Waals surface area contributed by atoms with E-state index in [2.05, 4.69) is 136 Å². The standard InChI is InChI=1S/C38H35BN2/c1-22-15-17-32-28(19-22)39-29-20-23(2)16-18-33(29)41-31-14-10-8-12-25(31)38(5,6)27-21-26-35(34(39)36(27)41)40(32)30-13-9-7-11-24(30)37(26,3)4/h7-11,13-21,25H,12H2,1-6H3. The molecule has 0 saturated carbocycles. The maximum Gasteiger partial charge on any atom is 0.252 e. The third kappa shape index (κ3) is 2.71. The molecule has 2 nitrogen and oxygen atoms in total. The maximum atomic E-state index is 2.67. The van der Waals surface area contributed by atoms with Gasteiger partial charge >= 0.3 is 0 Å².